The quantitative estimate of drug-likeness (QED) is 0.813. The van der Waals surface area contributed by atoms with Crippen LogP contribution in [0, 0.1) is 5.92 Å². The van der Waals surface area contributed by atoms with E-state index >= 15 is 0 Å². The number of hydrogen-bond acceptors (Lipinski definition) is 2. The topological polar surface area (TPSA) is 15.3 Å². The zero-order valence-corrected chi connectivity index (χ0v) is 16.8. The summed E-state index contributed by atoms with van der Waals surface area (Å²) in [7, 11) is 0. The van der Waals surface area contributed by atoms with Gasteiger partial charge in [-0.05, 0) is 55.9 Å². The summed E-state index contributed by atoms with van der Waals surface area (Å²) >= 11 is 0. The van der Waals surface area contributed by atoms with E-state index < -0.39 is 0 Å². The molecule has 2 heteroatoms. The van der Waals surface area contributed by atoms with E-state index in [-0.39, 0.29) is 11.0 Å². The van der Waals surface area contributed by atoms with E-state index in [1.165, 1.54) is 22.4 Å². The lowest BCUT2D eigenvalue weighted by Gasteiger charge is -2.53. The van der Waals surface area contributed by atoms with Crippen LogP contribution in [0.2, 0.25) is 0 Å². The van der Waals surface area contributed by atoms with Crippen LogP contribution < -0.4 is 10.2 Å². The second-order valence-corrected chi connectivity index (χ2v) is 9.09. The van der Waals surface area contributed by atoms with Crippen molar-refractivity contribution in [1.82, 2.24) is 5.32 Å². The van der Waals surface area contributed by atoms with Crippen LogP contribution in [-0.4, -0.2) is 18.6 Å². The zero-order chi connectivity index (χ0) is 18.5. The van der Waals surface area contributed by atoms with Crippen LogP contribution >= 0.6 is 0 Å². The smallest absolute Gasteiger partial charge is 0.0398 e. The molecule has 2 aromatic carbocycles. The standard InChI is InChI=1S/C24H32N2/c1-6-26-16-18(15-17-11-7-10-14-21(17)26)22-19-12-8-9-13-20(19)23(2,3)24(4,5)25-22/h7-14,18,22,25H,6,15-16H2,1-5H3. The van der Waals surface area contributed by atoms with E-state index in [0.717, 1.165) is 19.5 Å². The fraction of sp³-hybridized carbons (Fsp3) is 0.500. The fourth-order valence-electron chi connectivity index (χ4n) is 4.94. The van der Waals surface area contributed by atoms with Gasteiger partial charge in [0.25, 0.3) is 0 Å². The van der Waals surface area contributed by atoms with Crippen molar-refractivity contribution in [1.29, 1.82) is 0 Å². The summed E-state index contributed by atoms with van der Waals surface area (Å²) in [5.41, 5.74) is 6.09. The average molecular weight is 349 g/mol. The summed E-state index contributed by atoms with van der Waals surface area (Å²) in [6.45, 7) is 13.9. The van der Waals surface area contributed by atoms with Crippen molar-refractivity contribution >= 4 is 5.69 Å². The Morgan fingerprint density at radius 3 is 2.46 bits per heavy atom. The van der Waals surface area contributed by atoms with Gasteiger partial charge in [-0.3, -0.25) is 0 Å². The van der Waals surface area contributed by atoms with Gasteiger partial charge in [0.05, 0.1) is 0 Å². The molecule has 0 saturated carbocycles. The molecule has 0 aromatic heterocycles. The Hall–Kier alpha value is -1.80. The summed E-state index contributed by atoms with van der Waals surface area (Å²) in [4.78, 5) is 2.56. The molecule has 1 N–H and O–H groups in total. The second-order valence-electron chi connectivity index (χ2n) is 9.09. The maximum atomic E-state index is 4.06. The normalized spacial score (nSPS) is 26.1. The molecule has 4 rings (SSSR count). The zero-order valence-electron chi connectivity index (χ0n) is 16.8. The van der Waals surface area contributed by atoms with Crippen LogP contribution in [-0.2, 0) is 11.8 Å². The number of rotatable bonds is 2. The molecule has 2 heterocycles. The number of hydrogen-bond donors (Lipinski definition) is 1. The molecule has 0 amide bonds. The molecule has 0 radical (unpaired) electrons. The summed E-state index contributed by atoms with van der Waals surface area (Å²) in [6.07, 6.45) is 1.15. The van der Waals surface area contributed by atoms with Gasteiger partial charge in [-0.1, -0.05) is 56.3 Å². The number of para-hydroxylation sites is 1. The minimum atomic E-state index is 0.0556. The third kappa shape index (κ3) is 2.58. The van der Waals surface area contributed by atoms with Gasteiger partial charge in [-0.25, -0.2) is 0 Å². The lowest BCUT2D eigenvalue weighted by Crippen LogP contribution is -2.61. The Kier molecular flexibility index (Phi) is 4.15. The Morgan fingerprint density at radius 2 is 1.69 bits per heavy atom. The number of fused-ring (bicyclic) bond motifs is 2. The highest BCUT2D eigenvalue weighted by atomic mass is 15.1. The molecule has 26 heavy (non-hydrogen) atoms. The molecule has 2 aliphatic heterocycles. The van der Waals surface area contributed by atoms with E-state index in [9.17, 15) is 0 Å². The van der Waals surface area contributed by atoms with Gasteiger partial charge in [0.2, 0.25) is 0 Å². The first-order valence-electron chi connectivity index (χ1n) is 10.0. The minimum Gasteiger partial charge on any atom is -0.371 e. The van der Waals surface area contributed by atoms with Crippen molar-refractivity contribution < 1.29 is 0 Å². The van der Waals surface area contributed by atoms with Crippen LogP contribution in [0.25, 0.3) is 0 Å². The molecule has 0 spiro atoms. The monoisotopic (exact) mass is 348 g/mol. The fourth-order valence-corrected chi connectivity index (χ4v) is 4.94. The van der Waals surface area contributed by atoms with E-state index in [1.807, 2.05) is 0 Å². The highest BCUT2D eigenvalue weighted by molar-refractivity contribution is 5.56. The van der Waals surface area contributed by atoms with Gasteiger partial charge in [0, 0.05) is 35.8 Å². The number of nitrogens with zero attached hydrogens (tertiary/aromatic N) is 1. The molecule has 2 aromatic rings. The number of anilines is 1. The van der Waals surface area contributed by atoms with Crippen molar-refractivity contribution in [2.75, 3.05) is 18.0 Å². The minimum absolute atomic E-state index is 0.0556. The van der Waals surface area contributed by atoms with Gasteiger partial charge in [-0.2, -0.15) is 0 Å². The summed E-state index contributed by atoms with van der Waals surface area (Å²) in [5, 5.41) is 4.06. The van der Waals surface area contributed by atoms with Crippen molar-refractivity contribution in [3.8, 4) is 0 Å². The lowest BCUT2D eigenvalue weighted by atomic mass is 9.63. The Bertz CT molecular complexity index is 805. The predicted octanol–water partition coefficient (Wildman–Crippen LogP) is 5.09. The maximum Gasteiger partial charge on any atom is 0.0398 e. The van der Waals surface area contributed by atoms with E-state index in [4.69, 9.17) is 0 Å². The first-order chi connectivity index (χ1) is 12.3. The first-order valence-corrected chi connectivity index (χ1v) is 10.0. The Balaban J connectivity index is 1.77. The third-order valence-electron chi connectivity index (χ3n) is 7.17. The second kappa shape index (κ2) is 6.13. The van der Waals surface area contributed by atoms with Crippen molar-refractivity contribution in [3.05, 3.63) is 65.2 Å². The number of nitrogens with one attached hydrogen (secondary N) is 1. The molecule has 0 saturated heterocycles. The summed E-state index contributed by atoms with van der Waals surface area (Å²) in [6, 6.07) is 18.4. The average Bonchev–Trinajstić information content (AvgIpc) is 2.64. The summed E-state index contributed by atoms with van der Waals surface area (Å²) < 4.78 is 0. The molecule has 2 atom stereocenters. The van der Waals surface area contributed by atoms with E-state index in [0.29, 0.717) is 12.0 Å². The van der Waals surface area contributed by atoms with Gasteiger partial charge >= 0.3 is 0 Å². The molecule has 0 fully saturated rings. The van der Waals surface area contributed by atoms with Crippen LogP contribution in [0.1, 0.15) is 57.4 Å². The van der Waals surface area contributed by atoms with E-state index in [1.54, 1.807) is 0 Å². The van der Waals surface area contributed by atoms with Crippen LogP contribution in [0.15, 0.2) is 48.5 Å². The Morgan fingerprint density at radius 1 is 1.00 bits per heavy atom. The van der Waals surface area contributed by atoms with Crippen molar-refractivity contribution in [2.45, 2.75) is 58.0 Å². The van der Waals surface area contributed by atoms with Gasteiger partial charge < -0.3 is 10.2 Å². The molecule has 2 nitrogen and oxygen atoms in total. The van der Waals surface area contributed by atoms with Gasteiger partial charge in [0.1, 0.15) is 0 Å². The van der Waals surface area contributed by atoms with Crippen molar-refractivity contribution in [2.24, 2.45) is 5.92 Å². The molecule has 0 bridgehead atoms. The molecular weight excluding hydrogens is 316 g/mol. The molecular formula is C24H32N2. The summed E-state index contributed by atoms with van der Waals surface area (Å²) in [5.74, 6) is 0.585. The van der Waals surface area contributed by atoms with Gasteiger partial charge in [0.15, 0.2) is 0 Å². The highest BCUT2D eigenvalue weighted by Gasteiger charge is 2.47. The van der Waals surface area contributed by atoms with E-state index in [2.05, 4.69) is 93.4 Å². The largest absolute Gasteiger partial charge is 0.371 e. The predicted molar refractivity (Wildman–Crippen MR) is 111 cm³/mol. The Labute approximate surface area is 158 Å². The molecule has 0 aliphatic carbocycles. The molecule has 2 aliphatic rings. The molecule has 138 valence electrons. The molecule has 2 unspecified atom stereocenters. The highest BCUT2D eigenvalue weighted by Crippen LogP contribution is 2.47. The first kappa shape index (κ1) is 17.6. The SMILES string of the molecule is CCN1CC(C2NC(C)(C)C(C)(C)c3ccccc32)Cc2ccccc21. The lowest BCUT2D eigenvalue weighted by molar-refractivity contribution is 0.158. The van der Waals surface area contributed by atoms with Gasteiger partial charge in [-0.15, -0.1) is 0 Å². The van der Waals surface area contributed by atoms with Crippen molar-refractivity contribution in [3.63, 3.8) is 0 Å². The third-order valence-corrected chi connectivity index (χ3v) is 7.17. The maximum absolute atomic E-state index is 4.06. The van der Waals surface area contributed by atoms with Crippen LogP contribution in [0.5, 0.6) is 0 Å². The van der Waals surface area contributed by atoms with Crippen LogP contribution in [0.4, 0.5) is 5.69 Å². The van der Waals surface area contributed by atoms with Crippen LogP contribution in [0.3, 0.4) is 0 Å². The number of benzene rings is 2.